The lowest BCUT2D eigenvalue weighted by Crippen LogP contribution is -2.55. The van der Waals surface area contributed by atoms with E-state index in [1.165, 1.54) is 17.0 Å². The smallest absolute Gasteiger partial charge is 0.257 e. The number of amides is 1. The van der Waals surface area contributed by atoms with Gasteiger partial charge in [-0.15, -0.1) is 0 Å². The molecule has 110 valence electrons. The van der Waals surface area contributed by atoms with Crippen LogP contribution >= 0.6 is 0 Å². The van der Waals surface area contributed by atoms with Gasteiger partial charge in [0, 0.05) is 18.8 Å². The third-order valence-electron chi connectivity index (χ3n) is 3.20. The van der Waals surface area contributed by atoms with E-state index in [-0.39, 0.29) is 24.4 Å². The SMILES string of the molecule is CC1(C)CN(C(=O)c2ccc(N)cc2F)CC(CO)O1. The highest BCUT2D eigenvalue weighted by atomic mass is 19.1. The molecule has 1 amide bonds. The average molecular weight is 282 g/mol. The first-order chi connectivity index (χ1) is 9.32. The van der Waals surface area contributed by atoms with E-state index in [0.29, 0.717) is 6.54 Å². The number of aliphatic hydroxyl groups is 1. The number of nitrogens with zero attached hydrogens (tertiary/aromatic N) is 1. The molecule has 1 aliphatic heterocycles. The van der Waals surface area contributed by atoms with Crippen LogP contribution in [0, 0.1) is 5.82 Å². The van der Waals surface area contributed by atoms with Crippen LogP contribution in [-0.4, -0.2) is 47.3 Å². The second kappa shape index (κ2) is 5.38. The van der Waals surface area contributed by atoms with Crippen LogP contribution in [0.2, 0.25) is 0 Å². The van der Waals surface area contributed by atoms with Gasteiger partial charge >= 0.3 is 0 Å². The summed E-state index contributed by atoms with van der Waals surface area (Å²) in [4.78, 5) is 13.9. The van der Waals surface area contributed by atoms with E-state index in [1.807, 2.05) is 13.8 Å². The minimum absolute atomic E-state index is 0.0198. The van der Waals surface area contributed by atoms with Gasteiger partial charge in [-0.05, 0) is 32.0 Å². The number of halogens is 1. The number of aliphatic hydroxyl groups excluding tert-OH is 1. The Balaban J connectivity index is 2.23. The van der Waals surface area contributed by atoms with Crippen molar-refractivity contribution in [2.45, 2.75) is 25.6 Å². The lowest BCUT2D eigenvalue weighted by Gasteiger charge is -2.42. The third-order valence-corrected chi connectivity index (χ3v) is 3.20. The van der Waals surface area contributed by atoms with Gasteiger partial charge in [0.05, 0.1) is 23.9 Å². The molecular formula is C14H19FN2O3. The van der Waals surface area contributed by atoms with E-state index in [9.17, 15) is 14.3 Å². The second-order valence-electron chi connectivity index (χ2n) is 5.61. The molecule has 0 aromatic heterocycles. The molecule has 1 unspecified atom stereocenters. The van der Waals surface area contributed by atoms with Crippen molar-refractivity contribution in [2.24, 2.45) is 0 Å². The van der Waals surface area contributed by atoms with Crippen LogP contribution in [0.25, 0.3) is 0 Å². The Morgan fingerprint density at radius 3 is 2.90 bits per heavy atom. The van der Waals surface area contributed by atoms with E-state index in [1.54, 1.807) is 0 Å². The Kier molecular flexibility index (Phi) is 3.96. The lowest BCUT2D eigenvalue weighted by atomic mass is 10.0. The Morgan fingerprint density at radius 2 is 2.30 bits per heavy atom. The molecule has 0 spiro atoms. The zero-order valence-electron chi connectivity index (χ0n) is 11.6. The van der Waals surface area contributed by atoms with E-state index >= 15 is 0 Å². The fraction of sp³-hybridized carbons (Fsp3) is 0.500. The molecule has 1 aromatic carbocycles. The van der Waals surface area contributed by atoms with Crippen molar-refractivity contribution in [3.05, 3.63) is 29.6 Å². The van der Waals surface area contributed by atoms with Crippen LogP contribution in [0.15, 0.2) is 18.2 Å². The minimum atomic E-state index is -0.639. The average Bonchev–Trinajstić information content (AvgIpc) is 2.36. The molecule has 0 aliphatic carbocycles. The van der Waals surface area contributed by atoms with Crippen molar-refractivity contribution in [1.82, 2.24) is 4.90 Å². The normalized spacial score (nSPS) is 21.8. The number of hydrogen-bond donors (Lipinski definition) is 2. The van der Waals surface area contributed by atoms with Crippen molar-refractivity contribution in [1.29, 1.82) is 0 Å². The van der Waals surface area contributed by atoms with Gasteiger partial charge in [0.25, 0.3) is 5.91 Å². The summed E-state index contributed by atoms with van der Waals surface area (Å²) in [6.45, 7) is 4.05. The number of nitrogens with two attached hydrogens (primary N) is 1. The van der Waals surface area contributed by atoms with Crippen molar-refractivity contribution in [3.63, 3.8) is 0 Å². The molecule has 20 heavy (non-hydrogen) atoms. The highest BCUT2D eigenvalue weighted by molar-refractivity contribution is 5.95. The summed E-state index contributed by atoms with van der Waals surface area (Å²) in [7, 11) is 0. The number of ether oxygens (including phenoxy) is 1. The van der Waals surface area contributed by atoms with E-state index < -0.39 is 23.4 Å². The zero-order chi connectivity index (χ0) is 14.9. The Bertz CT molecular complexity index is 519. The van der Waals surface area contributed by atoms with Crippen LogP contribution in [0.5, 0.6) is 0 Å². The summed E-state index contributed by atoms with van der Waals surface area (Å²) in [6, 6.07) is 4.00. The van der Waals surface area contributed by atoms with Gasteiger partial charge in [-0.3, -0.25) is 4.79 Å². The molecule has 0 saturated carbocycles. The zero-order valence-corrected chi connectivity index (χ0v) is 11.6. The van der Waals surface area contributed by atoms with Crippen molar-refractivity contribution in [3.8, 4) is 0 Å². The predicted octanol–water partition coefficient (Wildman–Crippen LogP) is 1.02. The fourth-order valence-electron chi connectivity index (χ4n) is 2.42. The molecule has 1 fully saturated rings. The second-order valence-corrected chi connectivity index (χ2v) is 5.61. The fourth-order valence-corrected chi connectivity index (χ4v) is 2.42. The number of benzene rings is 1. The van der Waals surface area contributed by atoms with Gasteiger partial charge in [0.15, 0.2) is 0 Å². The number of hydrogen-bond acceptors (Lipinski definition) is 4. The summed E-state index contributed by atoms with van der Waals surface area (Å²) in [5.74, 6) is -1.06. The maximum absolute atomic E-state index is 13.8. The number of rotatable bonds is 2. The van der Waals surface area contributed by atoms with Crippen LogP contribution < -0.4 is 5.73 Å². The largest absolute Gasteiger partial charge is 0.399 e. The van der Waals surface area contributed by atoms with Crippen LogP contribution in [0.4, 0.5) is 10.1 Å². The van der Waals surface area contributed by atoms with E-state index in [4.69, 9.17) is 10.5 Å². The first kappa shape index (κ1) is 14.7. The third kappa shape index (κ3) is 3.08. The quantitative estimate of drug-likeness (QED) is 0.794. The number of carbonyl (C=O) groups excluding carboxylic acids is 1. The number of carbonyl (C=O) groups is 1. The molecule has 1 saturated heterocycles. The maximum Gasteiger partial charge on any atom is 0.257 e. The Labute approximate surface area is 117 Å². The van der Waals surface area contributed by atoms with Crippen LogP contribution in [0.1, 0.15) is 24.2 Å². The topological polar surface area (TPSA) is 75.8 Å². The summed E-state index contributed by atoms with van der Waals surface area (Å²) < 4.78 is 19.5. The van der Waals surface area contributed by atoms with Gasteiger partial charge < -0.3 is 20.5 Å². The van der Waals surface area contributed by atoms with Gasteiger partial charge in [0.1, 0.15) is 5.82 Å². The Hall–Kier alpha value is -1.66. The van der Waals surface area contributed by atoms with Crippen LogP contribution in [-0.2, 0) is 4.74 Å². The molecule has 3 N–H and O–H groups in total. The first-order valence-electron chi connectivity index (χ1n) is 6.45. The summed E-state index contributed by atoms with van der Waals surface area (Å²) in [5, 5.41) is 9.23. The van der Waals surface area contributed by atoms with Gasteiger partial charge in [-0.25, -0.2) is 4.39 Å². The molecule has 5 nitrogen and oxygen atoms in total. The first-order valence-corrected chi connectivity index (χ1v) is 6.45. The number of morpholine rings is 1. The predicted molar refractivity (Wildman–Crippen MR) is 72.8 cm³/mol. The standard InChI is InChI=1S/C14H19FN2O3/c1-14(2)8-17(6-10(7-18)20-14)13(19)11-4-3-9(16)5-12(11)15/h3-5,10,18H,6-8,16H2,1-2H3. The molecule has 0 bridgehead atoms. The lowest BCUT2D eigenvalue weighted by molar-refractivity contribution is -0.139. The maximum atomic E-state index is 13.8. The summed E-state index contributed by atoms with van der Waals surface area (Å²) >= 11 is 0. The summed E-state index contributed by atoms with van der Waals surface area (Å²) in [5.41, 5.74) is 5.15. The van der Waals surface area contributed by atoms with E-state index in [2.05, 4.69) is 0 Å². The number of anilines is 1. The molecular weight excluding hydrogens is 263 g/mol. The molecule has 2 rings (SSSR count). The monoisotopic (exact) mass is 282 g/mol. The van der Waals surface area contributed by atoms with Crippen LogP contribution in [0.3, 0.4) is 0 Å². The summed E-state index contributed by atoms with van der Waals surface area (Å²) in [6.07, 6.45) is -0.459. The molecule has 1 heterocycles. The molecule has 1 aromatic rings. The van der Waals surface area contributed by atoms with Gasteiger partial charge in [0.2, 0.25) is 0 Å². The highest BCUT2D eigenvalue weighted by Crippen LogP contribution is 2.23. The molecule has 1 aliphatic rings. The van der Waals surface area contributed by atoms with E-state index in [0.717, 1.165) is 6.07 Å². The molecule has 0 radical (unpaired) electrons. The van der Waals surface area contributed by atoms with Crippen molar-refractivity contribution >= 4 is 11.6 Å². The highest BCUT2D eigenvalue weighted by Gasteiger charge is 2.36. The molecule has 1 atom stereocenters. The Morgan fingerprint density at radius 1 is 1.60 bits per heavy atom. The molecule has 6 heteroatoms. The van der Waals surface area contributed by atoms with Gasteiger partial charge in [-0.2, -0.15) is 0 Å². The minimum Gasteiger partial charge on any atom is -0.399 e. The number of nitrogen functional groups attached to an aromatic ring is 1. The van der Waals surface area contributed by atoms with Crippen molar-refractivity contribution < 1.29 is 19.0 Å². The van der Waals surface area contributed by atoms with Gasteiger partial charge in [-0.1, -0.05) is 0 Å². The van der Waals surface area contributed by atoms with Crippen molar-refractivity contribution in [2.75, 3.05) is 25.4 Å².